The second kappa shape index (κ2) is 6.53. The van der Waals surface area contributed by atoms with Gasteiger partial charge in [-0.3, -0.25) is 4.79 Å². The Morgan fingerprint density at radius 3 is 2.75 bits per heavy atom. The molecule has 1 atom stereocenters. The summed E-state index contributed by atoms with van der Waals surface area (Å²) in [5.41, 5.74) is 0. The monoisotopic (exact) mass is 286 g/mol. The third-order valence-electron chi connectivity index (χ3n) is 2.40. The fraction of sp³-hybridized carbons (Fsp3) is 0.417. The molecule has 4 heteroatoms. The number of aliphatic carboxylic acids is 1. The number of hydrogen-bond acceptors (Lipinski definition) is 2. The minimum absolute atomic E-state index is 0.317. The molecule has 1 rings (SSSR count). The van der Waals surface area contributed by atoms with Crippen LogP contribution in [0, 0.1) is 5.92 Å². The number of benzene rings is 1. The molecule has 0 spiro atoms. The van der Waals surface area contributed by atoms with Gasteiger partial charge in [-0.05, 0) is 40.9 Å². The summed E-state index contributed by atoms with van der Waals surface area (Å²) >= 11 is 3.37. The quantitative estimate of drug-likeness (QED) is 0.873. The number of hydrogen-bond donors (Lipinski definition) is 1. The van der Waals surface area contributed by atoms with Gasteiger partial charge in [0.2, 0.25) is 0 Å². The van der Waals surface area contributed by atoms with Crippen molar-refractivity contribution in [2.75, 3.05) is 6.61 Å². The van der Waals surface area contributed by atoms with Gasteiger partial charge >= 0.3 is 5.97 Å². The van der Waals surface area contributed by atoms with E-state index in [1.165, 1.54) is 0 Å². The molecule has 0 heterocycles. The zero-order chi connectivity index (χ0) is 12.0. The molecule has 1 aromatic carbocycles. The first-order chi connectivity index (χ1) is 7.65. The third kappa shape index (κ3) is 3.85. The van der Waals surface area contributed by atoms with Crippen molar-refractivity contribution >= 4 is 21.9 Å². The topological polar surface area (TPSA) is 46.5 Å². The lowest BCUT2D eigenvalue weighted by Crippen LogP contribution is -2.15. The zero-order valence-corrected chi connectivity index (χ0v) is 10.7. The van der Waals surface area contributed by atoms with E-state index in [9.17, 15) is 4.79 Å². The largest absolute Gasteiger partial charge is 0.492 e. The molecular formula is C12H15BrO3. The van der Waals surface area contributed by atoms with E-state index in [-0.39, 0.29) is 5.92 Å². The van der Waals surface area contributed by atoms with Crippen LogP contribution in [0.25, 0.3) is 0 Å². The van der Waals surface area contributed by atoms with Gasteiger partial charge in [0, 0.05) is 0 Å². The SMILES string of the molecule is CCC(CCOc1ccccc1Br)C(=O)O. The minimum Gasteiger partial charge on any atom is -0.492 e. The molecule has 0 aliphatic carbocycles. The molecule has 0 radical (unpaired) electrons. The van der Waals surface area contributed by atoms with Gasteiger partial charge < -0.3 is 9.84 Å². The number of carboxylic acid groups (broad SMARTS) is 1. The lowest BCUT2D eigenvalue weighted by atomic mass is 10.0. The molecule has 0 bridgehead atoms. The van der Waals surface area contributed by atoms with Crippen molar-refractivity contribution in [2.45, 2.75) is 19.8 Å². The van der Waals surface area contributed by atoms with Crippen molar-refractivity contribution < 1.29 is 14.6 Å². The van der Waals surface area contributed by atoms with Crippen molar-refractivity contribution in [3.05, 3.63) is 28.7 Å². The summed E-state index contributed by atoms with van der Waals surface area (Å²) in [6.45, 7) is 2.30. The molecule has 0 saturated heterocycles. The number of carboxylic acids is 1. The second-order valence-corrected chi connectivity index (χ2v) is 4.37. The Balaban J connectivity index is 2.41. The number of carbonyl (C=O) groups is 1. The van der Waals surface area contributed by atoms with Crippen molar-refractivity contribution in [3.8, 4) is 5.75 Å². The molecule has 0 aromatic heterocycles. The highest BCUT2D eigenvalue weighted by Crippen LogP contribution is 2.24. The Kier molecular flexibility index (Phi) is 5.32. The van der Waals surface area contributed by atoms with E-state index in [2.05, 4.69) is 15.9 Å². The average Bonchev–Trinajstić information content (AvgIpc) is 2.26. The number of halogens is 1. The first kappa shape index (κ1) is 13.0. The minimum atomic E-state index is -0.752. The van der Waals surface area contributed by atoms with Crippen LogP contribution in [0.5, 0.6) is 5.75 Å². The molecule has 1 N–H and O–H groups in total. The van der Waals surface area contributed by atoms with Gasteiger partial charge in [-0.25, -0.2) is 0 Å². The van der Waals surface area contributed by atoms with Crippen LogP contribution in [-0.4, -0.2) is 17.7 Å². The highest BCUT2D eigenvalue weighted by molar-refractivity contribution is 9.10. The van der Waals surface area contributed by atoms with Gasteiger partial charge in [-0.1, -0.05) is 19.1 Å². The second-order valence-electron chi connectivity index (χ2n) is 3.51. The predicted molar refractivity (Wildman–Crippen MR) is 65.7 cm³/mol. The average molecular weight is 287 g/mol. The lowest BCUT2D eigenvalue weighted by Gasteiger charge is -2.11. The Morgan fingerprint density at radius 1 is 1.50 bits per heavy atom. The molecule has 0 amide bonds. The maximum Gasteiger partial charge on any atom is 0.306 e. The normalized spacial score (nSPS) is 12.1. The summed E-state index contributed by atoms with van der Waals surface area (Å²) in [6, 6.07) is 7.53. The summed E-state index contributed by atoms with van der Waals surface area (Å²) in [4.78, 5) is 10.8. The van der Waals surface area contributed by atoms with E-state index < -0.39 is 5.97 Å². The number of rotatable bonds is 6. The van der Waals surface area contributed by atoms with Crippen LogP contribution in [0.2, 0.25) is 0 Å². The molecule has 0 aliphatic heterocycles. The molecule has 3 nitrogen and oxygen atoms in total. The van der Waals surface area contributed by atoms with E-state index in [1.807, 2.05) is 31.2 Å². The van der Waals surface area contributed by atoms with Gasteiger partial charge in [0.25, 0.3) is 0 Å². The summed E-state index contributed by atoms with van der Waals surface area (Å²) < 4.78 is 6.40. The van der Waals surface area contributed by atoms with Crippen LogP contribution < -0.4 is 4.74 Å². The van der Waals surface area contributed by atoms with Crippen molar-refractivity contribution in [1.29, 1.82) is 0 Å². The van der Waals surface area contributed by atoms with Gasteiger partial charge in [0.1, 0.15) is 5.75 Å². The first-order valence-corrected chi connectivity index (χ1v) is 6.04. The zero-order valence-electron chi connectivity index (χ0n) is 9.15. The van der Waals surface area contributed by atoms with E-state index in [0.29, 0.717) is 19.4 Å². The molecule has 0 aliphatic rings. The van der Waals surface area contributed by atoms with Crippen molar-refractivity contribution in [1.82, 2.24) is 0 Å². The molecule has 1 unspecified atom stereocenters. The standard InChI is InChI=1S/C12H15BrO3/c1-2-9(12(14)15)7-8-16-11-6-4-3-5-10(11)13/h3-6,9H,2,7-8H2,1H3,(H,14,15). The Morgan fingerprint density at radius 2 is 2.19 bits per heavy atom. The van der Waals surface area contributed by atoms with Gasteiger partial charge in [0.15, 0.2) is 0 Å². The van der Waals surface area contributed by atoms with Gasteiger partial charge in [-0.15, -0.1) is 0 Å². The van der Waals surface area contributed by atoms with Crippen LogP contribution in [-0.2, 0) is 4.79 Å². The molecule has 16 heavy (non-hydrogen) atoms. The van der Waals surface area contributed by atoms with E-state index >= 15 is 0 Å². The fourth-order valence-corrected chi connectivity index (χ4v) is 1.77. The molecule has 0 saturated carbocycles. The van der Waals surface area contributed by atoms with Crippen molar-refractivity contribution in [3.63, 3.8) is 0 Å². The molecule has 1 aromatic rings. The number of para-hydroxylation sites is 1. The maximum atomic E-state index is 10.8. The van der Waals surface area contributed by atoms with Gasteiger partial charge in [0.05, 0.1) is 17.0 Å². The Labute approximate surface area is 104 Å². The van der Waals surface area contributed by atoms with Crippen LogP contribution in [0.4, 0.5) is 0 Å². The first-order valence-electron chi connectivity index (χ1n) is 5.25. The summed E-state index contributed by atoms with van der Waals surface area (Å²) in [7, 11) is 0. The van der Waals surface area contributed by atoms with Gasteiger partial charge in [-0.2, -0.15) is 0 Å². The summed E-state index contributed by atoms with van der Waals surface area (Å²) in [6.07, 6.45) is 1.17. The van der Waals surface area contributed by atoms with Crippen LogP contribution in [0.3, 0.4) is 0 Å². The van der Waals surface area contributed by atoms with E-state index in [0.717, 1.165) is 10.2 Å². The lowest BCUT2D eigenvalue weighted by molar-refractivity contribution is -0.142. The fourth-order valence-electron chi connectivity index (χ4n) is 1.38. The number of ether oxygens (including phenoxy) is 1. The molecule has 0 fully saturated rings. The Bertz CT molecular complexity index is 352. The maximum absolute atomic E-state index is 10.8. The van der Waals surface area contributed by atoms with E-state index in [4.69, 9.17) is 9.84 Å². The highest BCUT2D eigenvalue weighted by atomic mass is 79.9. The van der Waals surface area contributed by atoms with Crippen LogP contribution in [0.1, 0.15) is 19.8 Å². The van der Waals surface area contributed by atoms with E-state index in [1.54, 1.807) is 0 Å². The van der Waals surface area contributed by atoms with Crippen molar-refractivity contribution in [2.24, 2.45) is 5.92 Å². The molecular weight excluding hydrogens is 272 g/mol. The summed E-state index contributed by atoms with van der Waals surface area (Å²) in [5.74, 6) is -0.316. The highest BCUT2D eigenvalue weighted by Gasteiger charge is 2.14. The van der Waals surface area contributed by atoms with Crippen LogP contribution >= 0.6 is 15.9 Å². The Hall–Kier alpha value is -1.03. The van der Waals surface area contributed by atoms with Crippen LogP contribution in [0.15, 0.2) is 28.7 Å². The predicted octanol–water partition coefficient (Wildman–Crippen LogP) is 3.33. The smallest absolute Gasteiger partial charge is 0.306 e. The third-order valence-corrected chi connectivity index (χ3v) is 3.06. The molecule has 88 valence electrons. The summed E-state index contributed by atoms with van der Waals surface area (Å²) in [5, 5.41) is 8.86.